The molecule has 5 nitrogen and oxygen atoms in total. The lowest BCUT2D eigenvalue weighted by molar-refractivity contribution is 0.296. The maximum atomic E-state index is 8.66. The number of nitriles is 1. The molecular formula is C11H16N4OS. The standard InChI is InChI=1S/C11H16N4OS/c12-7-9-6-10(13)11(15-8-9)14-2-5-17-4-1-3-16/h6,8,16H,1-5,13H2,(H,14,15). The summed E-state index contributed by atoms with van der Waals surface area (Å²) >= 11 is 1.77. The number of hydrogen-bond acceptors (Lipinski definition) is 6. The van der Waals surface area contributed by atoms with Crippen LogP contribution in [0.1, 0.15) is 12.0 Å². The Morgan fingerprint density at radius 3 is 3.00 bits per heavy atom. The smallest absolute Gasteiger partial charge is 0.149 e. The number of thioether (sulfide) groups is 1. The van der Waals surface area contributed by atoms with Crippen molar-refractivity contribution in [3.05, 3.63) is 17.8 Å². The van der Waals surface area contributed by atoms with Crippen LogP contribution in [0.2, 0.25) is 0 Å². The maximum absolute atomic E-state index is 8.66. The number of nitrogens with two attached hydrogens (primary N) is 1. The number of aliphatic hydroxyl groups is 1. The molecule has 0 atom stereocenters. The zero-order valence-corrected chi connectivity index (χ0v) is 10.3. The van der Waals surface area contributed by atoms with Gasteiger partial charge in [-0.25, -0.2) is 4.98 Å². The molecule has 0 aliphatic heterocycles. The van der Waals surface area contributed by atoms with E-state index in [9.17, 15) is 0 Å². The fourth-order valence-corrected chi connectivity index (χ4v) is 1.98. The van der Waals surface area contributed by atoms with Crippen LogP contribution in [0.4, 0.5) is 11.5 Å². The lowest BCUT2D eigenvalue weighted by Gasteiger charge is -2.07. The lowest BCUT2D eigenvalue weighted by atomic mass is 10.3. The van der Waals surface area contributed by atoms with E-state index in [1.807, 2.05) is 6.07 Å². The van der Waals surface area contributed by atoms with Crippen molar-refractivity contribution in [2.75, 3.05) is 35.7 Å². The summed E-state index contributed by atoms with van der Waals surface area (Å²) in [5.41, 5.74) is 6.70. The Morgan fingerprint density at radius 1 is 1.53 bits per heavy atom. The van der Waals surface area contributed by atoms with E-state index >= 15 is 0 Å². The van der Waals surface area contributed by atoms with Gasteiger partial charge in [-0.3, -0.25) is 0 Å². The van der Waals surface area contributed by atoms with E-state index < -0.39 is 0 Å². The number of nitrogen functional groups attached to an aromatic ring is 1. The minimum atomic E-state index is 0.241. The monoisotopic (exact) mass is 252 g/mol. The van der Waals surface area contributed by atoms with Gasteiger partial charge in [0.15, 0.2) is 0 Å². The van der Waals surface area contributed by atoms with Gasteiger partial charge in [0, 0.05) is 25.1 Å². The Labute approximate surface area is 105 Å². The molecule has 0 fully saturated rings. The topological polar surface area (TPSA) is 95.0 Å². The van der Waals surface area contributed by atoms with Gasteiger partial charge in [0.05, 0.1) is 11.3 Å². The molecule has 6 heteroatoms. The molecule has 0 bridgehead atoms. The van der Waals surface area contributed by atoms with E-state index in [-0.39, 0.29) is 6.61 Å². The van der Waals surface area contributed by atoms with Gasteiger partial charge in [-0.05, 0) is 18.2 Å². The van der Waals surface area contributed by atoms with E-state index in [2.05, 4.69) is 10.3 Å². The molecule has 4 N–H and O–H groups in total. The molecule has 92 valence electrons. The van der Waals surface area contributed by atoms with Crippen molar-refractivity contribution in [1.29, 1.82) is 5.26 Å². The summed E-state index contributed by atoms with van der Waals surface area (Å²) in [6.45, 7) is 1.00. The van der Waals surface area contributed by atoms with Gasteiger partial charge in [0.1, 0.15) is 11.9 Å². The number of nitrogens with zero attached hydrogens (tertiary/aromatic N) is 2. The highest BCUT2D eigenvalue weighted by molar-refractivity contribution is 7.99. The van der Waals surface area contributed by atoms with Gasteiger partial charge in [-0.2, -0.15) is 17.0 Å². The molecule has 0 aliphatic rings. The van der Waals surface area contributed by atoms with Crippen LogP contribution in [0.3, 0.4) is 0 Å². The highest BCUT2D eigenvalue weighted by atomic mass is 32.2. The molecule has 0 unspecified atom stereocenters. The van der Waals surface area contributed by atoms with Crippen molar-refractivity contribution in [3.8, 4) is 6.07 Å². The quantitative estimate of drug-likeness (QED) is 0.628. The average molecular weight is 252 g/mol. The molecule has 0 saturated heterocycles. The zero-order valence-electron chi connectivity index (χ0n) is 9.52. The maximum Gasteiger partial charge on any atom is 0.149 e. The average Bonchev–Trinajstić information content (AvgIpc) is 2.35. The van der Waals surface area contributed by atoms with Crippen LogP contribution < -0.4 is 11.1 Å². The zero-order chi connectivity index (χ0) is 12.5. The number of pyridine rings is 1. The van der Waals surface area contributed by atoms with Gasteiger partial charge in [0.25, 0.3) is 0 Å². The molecule has 17 heavy (non-hydrogen) atoms. The fourth-order valence-electron chi connectivity index (χ4n) is 1.20. The van der Waals surface area contributed by atoms with Crippen LogP contribution in [0.5, 0.6) is 0 Å². The second-order valence-electron chi connectivity index (χ2n) is 3.39. The molecule has 0 aliphatic carbocycles. The van der Waals surface area contributed by atoms with Crippen LogP contribution in [0.15, 0.2) is 12.3 Å². The summed E-state index contributed by atoms with van der Waals surface area (Å²) in [7, 11) is 0. The van der Waals surface area contributed by atoms with Crippen LogP contribution >= 0.6 is 11.8 Å². The first kappa shape index (κ1) is 13.6. The third-order valence-electron chi connectivity index (χ3n) is 2.03. The minimum absolute atomic E-state index is 0.241. The minimum Gasteiger partial charge on any atom is -0.396 e. The molecule has 0 aromatic carbocycles. The van der Waals surface area contributed by atoms with Crippen LogP contribution in [0.25, 0.3) is 0 Å². The molecule has 0 saturated carbocycles. The Balaban J connectivity index is 2.30. The van der Waals surface area contributed by atoms with E-state index in [4.69, 9.17) is 16.1 Å². The van der Waals surface area contributed by atoms with Crippen molar-refractivity contribution in [2.24, 2.45) is 0 Å². The first-order valence-corrected chi connectivity index (χ1v) is 6.51. The summed E-state index contributed by atoms with van der Waals surface area (Å²) in [4.78, 5) is 4.08. The van der Waals surface area contributed by atoms with Gasteiger partial charge < -0.3 is 16.2 Å². The van der Waals surface area contributed by atoms with Crippen LogP contribution in [-0.2, 0) is 0 Å². The lowest BCUT2D eigenvalue weighted by Crippen LogP contribution is -2.08. The number of hydrogen-bond donors (Lipinski definition) is 3. The normalized spacial score (nSPS) is 9.88. The molecule has 1 rings (SSSR count). The third-order valence-corrected chi connectivity index (χ3v) is 3.10. The molecule has 0 radical (unpaired) electrons. The number of aliphatic hydroxyl groups excluding tert-OH is 1. The molecule has 0 spiro atoms. The Bertz CT molecular complexity index is 392. The Kier molecular flexibility index (Phi) is 6.22. The molecular weight excluding hydrogens is 236 g/mol. The molecule has 1 aromatic heterocycles. The second kappa shape index (κ2) is 7.76. The molecule has 0 amide bonds. The number of anilines is 2. The van der Waals surface area contributed by atoms with E-state index in [0.29, 0.717) is 17.1 Å². The van der Waals surface area contributed by atoms with Crippen molar-refractivity contribution in [1.82, 2.24) is 4.98 Å². The summed E-state index contributed by atoms with van der Waals surface area (Å²) in [6.07, 6.45) is 2.32. The number of nitrogens with one attached hydrogen (secondary N) is 1. The Morgan fingerprint density at radius 2 is 2.35 bits per heavy atom. The van der Waals surface area contributed by atoms with Crippen molar-refractivity contribution in [3.63, 3.8) is 0 Å². The van der Waals surface area contributed by atoms with E-state index in [1.54, 1.807) is 17.8 Å². The van der Waals surface area contributed by atoms with Crippen LogP contribution in [0, 0.1) is 11.3 Å². The fraction of sp³-hybridized carbons (Fsp3) is 0.455. The summed E-state index contributed by atoms with van der Waals surface area (Å²) in [5.74, 6) is 2.50. The summed E-state index contributed by atoms with van der Waals surface area (Å²) in [6, 6.07) is 3.59. The summed E-state index contributed by atoms with van der Waals surface area (Å²) < 4.78 is 0. The molecule has 1 aromatic rings. The first-order valence-electron chi connectivity index (χ1n) is 5.36. The highest BCUT2D eigenvalue weighted by Gasteiger charge is 2.01. The van der Waals surface area contributed by atoms with Crippen molar-refractivity contribution < 1.29 is 5.11 Å². The predicted octanol–water partition coefficient (Wildman–Crippen LogP) is 1.06. The molecule has 1 heterocycles. The Hall–Kier alpha value is -1.45. The van der Waals surface area contributed by atoms with Gasteiger partial charge in [-0.1, -0.05) is 0 Å². The van der Waals surface area contributed by atoms with Crippen LogP contribution in [-0.4, -0.2) is 34.7 Å². The predicted molar refractivity (Wildman–Crippen MR) is 70.9 cm³/mol. The number of aromatic nitrogens is 1. The van der Waals surface area contributed by atoms with E-state index in [1.165, 1.54) is 6.20 Å². The largest absolute Gasteiger partial charge is 0.396 e. The second-order valence-corrected chi connectivity index (χ2v) is 4.61. The van der Waals surface area contributed by atoms with Gasteiger partial charge in [-0.15, -0.1) is 0 Å². The van der Waals surface area contributed by atoms with Gasteiger partial charge >= 0.3 is 0 Å². The van der Waals surface area contributed by atoms with Crippen molar-refractivity contribution in [2.45, 2.75) is 6.42 Å². The first-order chi connectivity index (χ1) is 8.27. The SMILES string of the molecule is N#Cc1cnc(NCCSCCCO)c(N)c1. The van der Waals surface area contributed by atoms with Gasteiger partial charge in [0.2, 0.25) is 0 Å². The summed E-state index contributed by atoms with van der Waals surface area (Å²) in [5, 5.41) is 20.4. The van der Waals surface area contributed by atoms with E-state index in [0.717, 1.165) is 24.5 Å². The number of rotatable bonds is 7. The van der Waals surface area contributed by atoms with Crippen molar-refractivity contribution >= 4 is 23.3 Å². The highest BCUT2D eigenvalue weighted by Crippen LogP contribution is 2.15. The third kappa shape index (κ3) is 4.93.